The molecule has 0 N–H and O–H groups in total. The number of halogens is 1. The summed E-state index contributed by atoms with van der Waals surface area (Å²) in [6, 6.07) is 6.34. The topological polar surface area (TPSA) is 12.5 Å². The summed E-state index contributed by atoms with van der Waals surface area (Å²) in [6.45, 7) is 3.79. The summed E-state index contributed by atoms with van der Waals surface area (Å²) in [6.07, 6.45) is 10.4. The van der Waals surface area contributed by atoms with Crippen molar-refractivity contribution in [3.63, 3.8) is 0 Å². The molecule has 2 aliphatic rings. The van der Waals surface area contributed by atoms with Crippen LogP contribution in [0, 0.1) is 0 Å². The average Bonchev–Trinajstić information content (AvgIpc) is 3.15. The second kappa shape index (κ2) is 7.51. The molecule has 0 spiro atoms. The number of hydrogen-bond donors (Lipinski definition) is 0. The summed E-state index contributed by atoms with van der Waals surface area (Å²) in [5, 5.41) is 0.778. The molecule has 1 heterocycles. The molecule has 1 aliphatic heterocycles. The summed E-state index contributed by atoms with van der Waals surface area (Å²) in [5.41, 5.74) is 1.33. The zero-order valence-electron chi connectivity index (χ0n) is 12.8. The van der Waals surface area contributed by atoms with E-state index in [1.807, 2.05) is 0 Å². The first kappa shape index (κ1) is 15.2. The monoisotopic (exact) mass is 307 g/mol. The van der Waals surface area contributed by atoms with Crippen molar-refractivity contribution in [2.75, 3.05) is 19.6 Å². The predicted octanol–water partition coefficient (Wildman–Crippen LogP) is 4.69. The third-order valence-corrected chi connectivity index (χ3v) is 5.03. The van der Waals surface area contributed by atoms with Gasteiger partial charge in [0.1, 0.15) is 5.75 Å². The van der Waals surface area contributed by atoms with E-state index in [2.05, 4.69) is 23.1 Å². The zero-order valence-corrected chi connectivity index (χ0v) is 13.6. The van der Waals surface area contributed by atoms with Crippen molar-refractivity contribution in [1.29, 1.82) is 0 Å². The van der Waals surface area contributed by atoms with Crippen molar-refractivity contribution < 1.29 is 4.74 Å². The molecule has 1 aromatic rings. The van der Waals surface area contributed by atoms with Crippen LogP contribution in [-0.4, -0.2) is 30.6 Å². The van der Waals surface area contributed by atoms with Gasteiger partial charge in [0.15, 0.2) is 0 Å². The van der Waals surface area contributed by atoms with E-state index < -0.39 is 0 Å². The summed E-state index contributed by atoms with van der Waals surface area (Å²) < 4.78 is 6.01. The second-order valence-electron chi connectivity index (χ2n) is 6.44. The number of aryl methyl sites for hydroxylation is 1. The third kappa shape index (κ3) is 4.37. The lowest BCUT2D eigenvalue weighted by Gasteiger charge is -2.16. The Morgan fingerprint density at radius 1 is 1.10 bits per heavy atom. The molecular formula is C18H26ClNO. The highest BCUT2D eigenvalue weighted by Crippen LogP contribution is 2.30. The van der Waals surface area contributed by atoms with Crippen molar-refractivity contribution in [3.8, 4) is 5.75 Å². The number of ether oxygens (including phenoxy) is 1. The fraction of sp³-hybridized carbons (Fsp3) is 0.667. The van der Waals surface area contributed by atoms with Gasteiger partial charge in [-0.2, -0.15) is 0 Å². The molecule has 0 atom stereocenters. The summed E-state index contributed by atoms with van der Waals surface area (Å²) >= 11 is 6.38. The fourth-order valence-electron chi connectivity index (χ4n) is 3.49. The van der Waals surface area contributed by atoms with E-state index in [-0.39, 0.29) is 0 Å². The van der Waals surface area contributed by atoms with Crippen LogP contribution in [0.1, 0.15) is 50.5 Å². The van der Waals surface area contributed by atoms with Gasteiger partial charge in [0.05, 0.1) is 11.1 Å². The molecule has 1 saturated carbocycles. The van der Waals surface area contributed by atoms with E-state index >= 15 is 0 Å². The number of hydrogen-bond acceptors (Lipinski definition) is 2. The maximum absolute atomic E-state index is 6.38. The normalized spacial score (nSPS) is 20.2. The number of rotatable bonds is 6. The van der Waals surface area contributed by atoms with E-state index in [9.17, 15) is 0 Å². The first-order chi connectivity index (χ1) is 10.3. The number of nitrogens with zero attached hydrogens (tertiary/aromatic N) is 1. The number of benzene rings is 1. The minimum Gasteiger partial charge on any atom is -0.489 e. The molecule has 1 aliphatic carbocycles. The molecule has 21 heavy (non-hydrogen) atoms. The van der Waals surface area contributed by atoms with Crippen LogP contribution in [0.5, 0.6) is 5.75 Å². The van der Waals surface area contributed by atoms with Crippen LogP contribution in [0.15, 0.2) is 18.2 Å². The predicted molar refractivity (Wildman–Crippen MR) is 88.3 cm³/mol. The largest absolute Gasteiger partial charge is 0.489 e. The van der Waals surface area contributed by atoms with Gasteiger partial charge in [0.2, 0.25) is 0 Å². The molecule has 0 unspecified atom stereocenters. The summed E-state index contributed by atoms with van der Waals surface area (Å²) in [5.74, 6) is 0.867. The summed E-state index contributed by atoms with van der Waals surface area (Å²) in [4.78, 5) is 2.57. The van der Waals surface area contributed by atoms with Gasteiger partial charge >= 0.3 is 0 Å². The Hall–Kier alpha value is -0.730. The van der Waals surface area contributed by atoms with E-state index in [1.54, 1.807) is 0 Å². The minimum absolute atomic E-state index is 0.378. The molecule has 2 nitrogen and oxygen atoms in total. The van der Waals surface area contributed by atoms with Gasteiger partial charge in [-0.05, 0) is 88.7 Å². The lowest BCUT2D eigenvalue weighted by molar-refractivity contribution is 0.210. The Morgan fingerprint density at radius 2 is 1.86 bits per heavy atom. The summed E-state index contributed by atoms with van der Waals surface area (Å²) in [7, 11) is 0. The van der Waals surface area contributed by atoms with E-state index in [0.717, 1.165) is 17.2 Å². The molecule has 1 saturated heterocycles. The van der Waals surface area contributed by atoms with Gasteiger partial charge in [-0.3, -0.25) is 0 Å². The second-order valence-corrected chi connectivity index (χ2v) is 6.85. The molecule has 116 valence electrons. The Balaban J connectivity index is 1.48. The van der Waals surface area contributed by atoms with Gasteiger partial charge in [-0.1, -0.05) is 17.7 Å². The molecule has 0 radical (unpaired) electrons. The van der Waals surface area contributed by atoms with E-state index in [0.29, 0.717) is 6.10 Å². The van der Waals surface area contributed by atoms with Crippen LogP contribution in [-0.2, 0) is 6.42 Å². The van der Waals surface area contributed by atoms with Crippen LogP contribution in [0.25, 0.3) is 0 Å². The van der Waals surface area contributed by atoms with Gasteiger partial charge in [0, 0.05) is 0 Å². The highest BCUT2D eigenvalue weighted by atomic mass is 35.5. The molecule has 0 bridgehead atoms. The van der Waals surface area contributed by atoms with Crippen LogP contribution >= 0.6 is 11.6 Å². The van der Waals surface area contributed by atoms with Crippen molar-refractivity contribution in [1.82, 2.24) is 4.90 Å². The molecule has 2 fully saturated rings. The lowest BCUT2D eigenvalue weighted by atomic mass is 10.1. The standard InChI is InChI=1S/C18H26ClNO/c19-17-14-15(6-5-13-20-11-3-4-12-20)9-10-18(17)21-16-7-1-2-8-16/h9-10,14,16H,1-8,11-13H2. The Morgan fingerprint density at radius 3 is 2.57 bits per heavy atom. The smallest absolute Gasteiger partial charge is 0.138 e. The van der Waals surface area contributed by atoms with Crippen LogP contribution in [0.3, 0.4) is 0 Å². The van der Waals surface area contributed by atoms with E-state index in [4.69, 9.17) is 16.3 Å². The molecule has 3 heteroatoms. The maximum atomic E-state index is 6.38. The van der Waals surface area contributed by atoms with Crippen LogP contribution < -0.4 is 4.74 Å². The minimum atomic E-state index is 0.378. The van der Waals surface area contributed by atoms with Crippen LogP contribution in [0.2, 0.25) is 5.02 Å². The fourth-order valence-corrected chi connectivity index (χ4v) is 3.74. The zero-order chi connectivity index (χ0) is 14.5. The Bertz CT molecular complexity index is 451. The van der Waals surface area contributed by atoms with Gasteiger partial charge < -0.3 is 9.64 Å². The molecule has 3 rings (SSSR count). The van der Waals surface area contributed by atoms with Gasteiger partial charge in [-0.15, -0.1) is 0 Å². The molecule has 1 aromatic carbocycles. The first-order valence-electron chi connectivity index (χ1n) is 8.49. The van der Waals surface area contributed by atoms with Gasteiger partial charge in [-0.25, -0.2) is 0 Å². The Labute approximate surface area is 133 Å². The average molecular weight is 308 g/mol. The van der Waals surface area contributed by atoms with Gasteiger partial charge in [0.25, 0.3) is 0 Å². The van der Waals surface area contributed by atoms with Crippen molar-refractivity contribution in [3.05, 3.63) is 28.8 Å². The molecule has 0 amide bonds. The SMILES string of the molecule is Clc1cc(CCCN2CCCC2)ccc1OC1CCCC1. The molecular weight excluding hydrogens is 282 g/mol. The van der Waals surface area contributed by atoms with Crippen molar-refractivity contribution >= 4 is 11.6 Å². The Kier molecular flexibility index (Phi) is 5.43. The highest BCUT2D eigenvalue weighted by molar-refractivity contribution is 6.32. The third-order valence-electron chi connectivity index (χ3n) is 4.73. The first-order valence-corrected chi connectivity index (χ1v) is 8.86. The van der Waals surface area contributed by atoms with Crippen molar-refractivity contribution in [2.24, 2.45) is 0 Å². The number of likely N-dealkylation sites (tertiary alicyclic amines) is 1. The quantitative estimate of drug-likeness (QED) is 0.756. The van der Waals surface area contributed by atoms with E-state index in [1.165, 1.54) is 70.1 Å². The molecule has 0 aromatic heterocycles. The van der Waals surface area contributed by atoms with Crippen molar-refractivity contribution in [2.45, 2.75) is 57.5 Å². The lowest BCUT2D eigenvalue weighted by Crippen LogP contribution is -2.20. The van der Waals surface area contributed by atoms with Crippen LogP contribution in [0.4, 0.5) is 0 Å². The highest BCUT2D eigenvalue weighted by Gasteiger charge is 2.17. The maximum Gasteiger partial charge on any atom is 0.138 e.